The molecule has 1 amide bonds. The zero-order chi connectivity index (χ0) is 16.5. The summed E-state index contributed by atoms with van der Waals surface area (Å²) in [5, 5.41) is 8.40. The van der Waals surface area contributed by atoms with E-state index in [0.717, 1.165) is 43.5 Å². The van der Waals surface area contributed by atoms with Crippen LogP contribution in [0.25, 0.3) is 11.5 Å². The molecule has 0 N–H and O–H groups in total. The molecule has 126 valence electrons. The Morgan fingerprint density at radius 1 is 1.21 bits per heavy atom. The molecule has 2 aromatic rings. The number of piperidine rings is 1. The molecule has 1 atom stereocenters. The van der Waals surface area contributed by atoms with Crippen LogP contribution in [0.1, 0.15) is 37.5 Å². The summed E-state index contributed by atoms with van der Waals surface area (Å²) in [5.74, 6) is 2.64. The van der Waals surface area contributed by atoms with Gasteiger partial charge in [0.05, 0.1) is 13.0 Å². The maximum atomic E-state index is 12.3. The zero-order valence-electron chi connectivity index (χ0n) is 13.8. The number of amides is 1. The molecular formula is C18H21N3O3. The molecule has 1 saturated carbocycles. The Labute approximate surface area is 140 Å². The van der Waals surface area contributed by atoms with E-state index in [9.17, 15) is 4.79 Å². The molecule has 6 heteroatoms. The molecule has 0 spiro atoms. The Kier molecular flexibility index (Phi) is 3.96. The van der Waals surface area contributed by atoms with Crippen molar-refractivity contribution in [2.75, 3.05) is 20.2 Å². The Morgan fingerprint density at radius 3 is 2.71 bits per heavy atom. The van der Waals surface area contributed by atoms with Gasteiger partial charge < -0.3 is 14.1 Å². The number of ether oxygens (including phenoxy) is 1. The smallest absolute Gasteiger partial charge is 0.247 e. The van der Waals surface area contributed by atoms with Crippen LogP contribution in [-0.2, 0) is 4.79 Å². The Balaban J connectivity index is 1.48. The van der Waals surface area contributed by atoms with Gasteiger partial charge in [0.1, 0.15) is 5.75 Å². The second kappa shape index (κ2) is 6.26. The first-order valence-electron chi connectivity index (χ1n) is 8.51. The van der Waals surface area contributed by atoms with Crippen molar-refractivity contribution in [2.24, 2.45) is 5.92 Å². The predicted octanol–water partition coefficient (Wildman–Crippen LogP) is 2.86. The lowest BCUT2D eigenvalue weighted by molar-refractivity contribution is -0.133. The summed E-state index contributed by atoms with van der Waals surface area (Å²) in [6, 6.07) is 7.55. The minimum absolute atomic E-state index is 0.140. The summed E-state index contributed by atoms with van der Waals surface area (Å²) in [7, 11) is 1.64. The lowest BCUT2D eigenvalue weighted by Gasteiger charge is -2.31. The topological polar surface area (TPSA) is 68.5 Å². The summed E-state index contributed by atoms with van der Waals surface area (Å²) in [6.07, 6.45) is 4.06. The van der Waals surface area contributed by atoms with Gasteiger partial charge in [0.2, 0.25) is 17.7 Å². The molecule has 1 saturated heterocycles. The van der Waals surface area contributed by atoms with E-state index in [1.807, 2.05) is 29.2 Å². The fraction of sp³-hybridized carbons (Fsp3) is 0.500. The fourth-order valence-corrected chi connectivity index (χ4v) is 3.22. The molecule has 2 fully saturated rings. The minimum Gasteiger partial charge on any atom is -0.497 e. The third-order valence-corrected chi connectivity index (χ3v) is 4.79. The zero-order valence-corrected chi connectivity index (χ0v) is 13.8. The van der Waals surface area contributed by atoms with Crippen LogP contribution < -0.4 is 4.74 Å². The largest absolute Gasteiger partial charge is 0.497 e. The Bertz CT molecular complexity index is 721. The van der Waals surface area contributed by atoms with Crippen LogP contribution in [0.15, 0.2) is 28.7 Å². The first kappa shape index (κ1) is 15.2. The molecule has 1 aliphatic carbocycles. The van der Waals surface area contributed by atoms with Gasteiger partial charge in [-0.05, 0) is 49.9 Å². The van der Waals surface area contributed by atoms with E-state index in [1.54, 1.807) is 7.11 Å². The lowest BCUT2D eigenvalue weighted by atomic mass is 9.97. The van der Waals surface area contributed by atoms with E-state index >= 15 is 0 Å². The average molecular weight is 327 g/mol. The van der Waals surface area contributed by atoms with Gasteiger partial charge in [0, 0.05) is 24.6 Å². The summed E-state index contributed by atoms with van der Waals surface area (Å²) in [5.41, 5.74) is 0.872. The molecule has 4 rings (SSSR count). The number of likely N-dealkylation sites (tertiary alicyclic amines) is 1. The third kappa shape index (κ3) is 3.00. The molecule has 6 nitrogen and oxygen atoms in total. The number of nitrogens with zero attached hydrogens (tertiary/aromatic N) is 3. The highest BCUT2D eigenvalue weighted by Crippen LogP contribution is 2.34. The van der Waals surface area contributed by atoms with Crippen LogP contribution in [0.2, 0.25) is 0 Å². The second-order valence-electron chi connectivity index (χ2n) is 6.57. The summed E-state index contributed by atoms with van der Waals surface area (Å²) in [6.45, 7) is 1.55. The van der Waals surface area contributed by atoms with E-state index in [-0.39, 0.29) is 11.8 Å². The van der Waals surface area contributed by atoms with Gasteiger partial charge in [-0.15, -0.1) is 10.2 Å². The van der Waals surface area contributed by atoms with E-state index in [4.69, 9.17) is 9.15 Å². The summed E-state index contributed by atoms with van der Waals surface area (Å²) >= 11 is 0. The molecule has 0 radical (unpaired) electrons. The summed E-state index contributed by atoms with van der Waals surface area (Å²) < 4.78 is 11.0. The highest BCUT2D eigenvalue weighted by atomic mass is 16.5. The first-order valence-corrected chi connectivity index (χ1v) is 8.51. The van der Waals surface area contributed by atoms with Crippen LogP contribution in [-0.4, -0.2) is 41.2 Å². The number of hydrogen-bond donors (Lipinski definition) is 0. The molecule has 1 aromatic heterocycles. The fourth-order valence-electron chi connectivity index (χ4n) is 3.22. The minimum atomic E-state index is 0.140. The van der Waals surface area contributed by atoms with E-state index in [1.165, 1.54) is 0 Å². The second-order valence-corrected chi connectivity index (χ2v) is 6.57. The quantitative estimate of drug-likeness (QED) is 0.864. The molecule has 2 heterocycles. The van der Waals surface area contributed by atoms with Crippen molar-refractivity contribution in [1.82, 2.24) is 15.1 Å². The van der Waals surface area contributed by atoms with Crippen LogP contribution >= 0.6 is 0 Å². The third-order valence-electron chi connectivity index (χ3n) is 4.79. The van der Waals surface area contributed by atoms with Crippen molar-refractivity contribution in [3.63, 3.8) is 0 Å². The number of carbonyl (C=O) groups excluding carboxylic acids is 1. The number of hydrogen-bond acceptors (Lipinski definition) is 5. The maximum Gasteiger partial charge on any atom is 0.247 e. The van der Waals surface area contributed by atoms with E-state index < -0.39 is 0 Å². The summed E-state index contributed by atoms with van der Waals surface area (Å²) in [4.78, 5) is 14.2. The van der Waals surface area contributed by atoms with Gasteiger partial charge >= 0.3 is 0 Å². The SMILES string of the molecule is COc1ccc(-c2nnc([C@H]3CCCN(C(=O)C4CC4)C3)o2)cc1. The lowest BCUT2D eigenvalue weighted by Crippen LogP contribution is -2.40. The Hall–Kier alpha value is -2.37. The highest BCUT2D eigenvalue weighted by Gasteiger charge is 2.36. The van der Waals surface area contributed by atoms with E-state index in [2.05, 4.69) is 10.2 Å². The van der Waals surface area contributed by atoms with Crippen LogP contribution in [0.4, 0.5) is 0 Å². The number of methoxy groups -OCH3 is 1. The van der Waals surface area contributed by atoms with Gasteiger partial charge in [0.15, 0.2) is 0 Å². The van der Waals surface area contributed by atoms with Crippen LogP contribution in [0.5, 0.6) is 5.75 Å². The molecule has 2 aliphatic rings. The Morgan fingerprint density at radius 2 is 2.00 bits per heavy atom. The number of rotatable bonds is 4. The normalized spacial score (nSPS) is 20.9. The molecule has 1 aliphatic heterocycles. The van der Waals surface area contributed by atoms with Gasteiger partial charge in [-0.25, -0.2) is 0 Å². The van der Waals surface area contributed by atoms with Crippen LogP contribution in [0, 0.1) is 5.92 Å². The molecule has 0 unspecified atom stereocenters. The predicted molar refractivity (Wildman–Crippen MR) is 87.6 cm³/mol. The average Bonchev–Trinajstić information content (AvgIpc) is 3.38. The van der Waals surface area contributed by atoms with Gasteiger partial charge in [-0.3, -0.25) is 4.79 Å². The molecular weight excluding hydrogens is 306 g/mol. The van der Waals surface area contributed by atoms with Gasteiger partial charge in [0.25, 0.3) is 0 Å². The van der Waals surface area contributed by atoms with Crippen molar-refractivity contribution < 1.29 is 13.9 Å². The van der Waals surface area contributed by atoms with Crippen molar-refractivity contribution in [3.05, 3.63) is 30.2 Å². The first-order chi connectivity index (χ1) is 11.7. The monoisotopic (exact) mass is 327 g/mol. The molecule has 0 bridgehead atoms. The van der Waals surface area contributed by atoms with Crippen molar-refractivity contribution in [1.29, 1.82) is 0 Å². The number of carbonyl (C=O) groups is 1. The molecule has 24 heavy (non-hydrogen) atoms. The highest BCUT2D eigenvalue weighted by molar-refractivity contribution is 5.81. The number of aromatic nitrogens is 2. The van der Waals surface area contributed by atoms with Crippen molar-refractivity contribution >= 4 is 5.91 Å². The van der Waals surface area contributed by atoms with Crippen molar-refractivity contribution in [2.45, 2.75) is 31.6 Å². The van der Waals surface area contributed by atoms with Gasteiger partial charge in [-0.2, -0.15) is 0 Å². The van der Waals surface area contributed by atoms with E-state index in [0.29, 0.717) is 24.2 Å². The standard InChI is InChI=1S/C18H21N3O3/c1-23-15-8-6-12(7-9-15)16-19-20-17(24-16)14-3-2-10-21(11-14)18(22)13-4-5-13/h6-9,13-14H,2-5,10-11H2,1H3/t14-/m0/s1. The number of benzene rings is 1. The van der Waals surface area contributed by atoms with Gasteiger partial charge in [-0.1, -0.05) is 0 Å². The van der Waals surface area contributed by atoms with Crippen molar-refractivity contribution in [3.8, 4) is 17.2 Å². The maximum absolute atomic E-state index is 12.3. The van der Waals surface area contributed by atoms with Crippen LogP contribution in [0.3, 0.4) is 0 Å². The molecule has 1 aromatic carbocycles.